The van der Waals surface area contributed by atoms with Gasteiger partial charge < -0.3 is 20.4 Å². The fourth-order valence-corrected chi connectivity index (χ4v) is 6.40. The SMILES string of the molecule is CCN(CC)C[C@@H](c1ccccc1)N1CCN(C(=O)[C@@H](Cc2ccc(Cl)cc2)NC(=O)[C@H]2Cc3ccccc3CN2)CC1. The number of hydrogen-bond acceptors (Lipinski definition) is 5. The van der Waals surface area contributed by atoms with Crippen LogP contribution in [0.4, 0.5) is 0 Å². The first kappa shape index (κ1) is 31.2. The van der Waals surface area contributed by atoms with Crippen LogP contribution in [-0.4, -0.2) is 84.4 Å². The third kappa shape index (κ3) is 8.03. The minimum Gasteiger partial charge on any atom is -0.343 e. The van der Waals surface area contributed by atoms with Crippen molar-refractivity contribution in [2.45, 2.75) is 51.4 Å². The molecule has 1 fully saturated rings. The minimum atomic E-state index is -0.653. The quantitative estimate of drug-likeness (QED) is 0.343. The molecule has 0 spiro atoms. The molecule has 0 radical (unpaired) electrons. The maximum absolute atomic E-state index is 14.0. The number of fused-ring (bicyclic) bond motifs is 1. The first-order chi connectivity index (χ1) is 20.9. The summed E-state index contributed by atoms with van der Waals surface area (Å²) >= 11 is 6.13. The van der Waals surface area contributed by atoms with Gasteiger partial charge in [-0.3, -0.25) is 14.5 Å². The molecule has 3 aromatic carbocycles. The van der Waals surface area contributed by atoms with Crippen molar-refractivity contribution >= 4 is 23.4 Å². The van der Waals surface area contributed by atoms with Gasteiger partial charge in [0.2, 0.25) is 11.8 Å². The zero-order valence-corrected chi connectivity index (χ0v) is 26.1. The van der Waals surface area contributed by atoms with Gasteiger partial charge in [-0.05, 0) is 53.9 Å². The second kappa shape index (κ2) is 15.0. The van der Waals surface area contributed by atoms with E-state index in [1.165, 1.54) is 16.7 Å². The number of rotatable bonds is 11. The molecule has 5 rings (SSSR count). The fraction of sp³-hybridized carbons (Fsp3) is 0.429. The summed E-state index contributed by atoms with van der Waals surface area (Å²) in [7, 11) is 0. The Morgan fingerprint density at radius 2 is 1.56 bits per heavy atom. The average molecular weight is 602 g/mol. The molecule has 2 amide bonds. The number of likely N-dealkylation sites (N-methyl/N-ethyl adjacent to an activating group) is 1. The molecular formula is C35H44ClN5O2. The summed E-state index contributed by atoms with van der Waals surface area (Å²) in [6.45, 7) is 10.9. The van der Waals surface area contributed by atoms with Crippen LogP contribution in [-0.2, 0) is 29.0 Å². The van der Waals surface area contributed by atoms with Gasteiger partial charge in [-0.1, -0.05) is 92.2 Å². The number of carbonyl (C=O) groups excluding carboxylic acids is 2. The number of amides is 2. The molecule has 0 saturated carbocycles. The maximum Gasteiger partial charge on any atom is 0.245 e. The number of piperazine rings is 1. The second-order valence-corrected chi connectivity index (χ2v) is 12.0. The monoisotopic (exact) mass is 601 g/mol. The van der Waals surface area contributed by atoms with E-state index in [9.17, 15) is 9.59 Å². The first-order valence-corrected chi connectivity index (χ1v) is 16.0. The van der Waals surface area contributed by atoms with Gasteiger partial charge in [-0.15, -0.1) is 0 Å². The van der Waals surface area contributed by atoms with Crippen LogP contribution in [0.1, 0.15) is 42.1 Å². The molecule has 2 aliphatic rings. The Labute approximate surface area is 261 Å². The highest BCUT2D eigenvalue weighted by atomic mass is 35.5. The Hall–Kier alpha value is -3.23. The summed E-state index contributed by atoms with van der Waals surface area (Å²) < 4.78 is 0. The average Bonchev–Trinajstić information content (AvgIpc) is 3.06. The van der Waals surface area contributed by atoms with Crippen LogP contribution in [0.5, 0.6) is 0 Å². The van der Waals surface area contributed by atoms with Gasteiger partial charge in [-0.2, -0.15) is 0 Å². The molecule has 2 N–H and O–H groups in total. The molecular weight excluding hydrogens is 558 g/mol. The van der Waals surface area contributed by atoms with Crippen LogP contribution in [0, 0.1) is 0 Å². The Morgan fingerprint density at radius 1 is 0.907 bits per heavy atom. The minimum absolute atomic E-state index is 0.0286. The van der Waals surface area contributed by atoms with Gasteiger partial charge in [0.05, 0.1) is 6.04 Å². The van der Waals surface area contributed by atoms with Crippen LogP contribution < -0.4 is 10.6 Å². The van der Waals surface area contributed by atoms with Crippen molar-refractivity contribution in [2.24, 2.45) is 0 Å². The molecule has 0 bridgehead atoms. The lowest BCUT2D eigenvalue weighted by molar-refractivity contribution is -0.138. The van der Waals surface area contributed by atoms with E-state index in [0.717, 1.165) is 38.3 Å². The topological polar surface area (TPSA) is 67.9 Å². The summed E-state index contributed by atoms with van der Waals surface area (Å²) in [4.78, 5) is 34.5. The van der Waals surface area contributed by atoms with Crippen molar-refractivity contribution in [3.63, 3.8) is 0 Å². The summed E-state index contributed by atoms with van der Waals surface area (Å²) in [5.41, 5.74) is 4.67. The van der Waals surface area contributed by atoms with Gasteiger partial charge in [0, 0.05) is 56.8 Å². The van der Waals surface area contributed by atoms with Crippen molar-refractivity contribution in [3.05, 3.63) is 106 Å². The number of halogens is 1. The van der Waals surface area contributed by atoms with Crippen LogP contribution >= 0.6 is 11.6 Å². The van der Waals surface area contributed by atoms with Crippen molar-refractivity contribution in [2.75, 3.05) is 45.8 Å². The molecule has 1 saturated heterocycles. The van der Waals surface area contributed by atoms with E-state index < -0.39 is 6.04 Å². The van der Waals surface area contributed by atoms with Gasteiger partial charge in [0.1, 0.15) is 6.04 Å². The number of nitrogens with one attached hydrogen (secondary N) is 2. The largest absolute Gasteiger partial charge is 0.343 e. The lowest BCUT2D eigenvalue weighted by atomic mass is 9.95. The zero-order chi connectivity index (χ0) is 30.2. The highest BCUT2D eigenvalue weighted by Gasteiger charge is 2.33. The molecule has 3 atom stereocenters. The van der Waals surface area contributed by atoms with E-state index in [4.69, 9.17) is 11.6 Å². The van der Waals surface area contributed by atoms with Gasteiger partial charge >= 0.3 is 0 Å². The molecule has 2 aliphatic heterocycles. The van der Waals surface area contributed by atoms with Crippen molar-refractivity contribution < 1.29 is 9.59 Å². The van der Waals surface area contributed by atoms with E-state index in [0.29, 0.717) is 37.5 Å². The smallest absolute Gasteiger partial charge is 0.245 e. The lowest BCUT2D eigenvalue weighted by Crippen LogP contribution is -2.58. The lowest BCUT2D eigenvalue weighted by Gasteiger charge is -2.42. The van der Waals surface area contributed by atoms with Crippen molar-refractivity contribution in [3.8, 4) is 0 Å². The first-order valence-electron chi connectivity index (χ1n) is 15.6. The molecule has 7 nitrogen and oxygen atoms in total. The summed E-state index contributed by atoms with van der Waals surface area (Å²) in [6, 6.07) is 25.7. The van der Waals surface area contributed by atoms with Crippen molar-refractivity contribution in [1.82, 2.24) is 25.3 Å². The summed E-state index contributed by atoms with van der Waals surface area (Å²) in [5.74, 6) is -0.164. The van der Waals surface area contributed by atoms with E-state index in [-0.39, 0.29) is 23.9 Å². The number of hydrogen-bond donors (Lipinski definition) is 2. The van der Waals surface area contributed by atoms with Crippen molar-refractivity contribution in [1.29, 1.82) is 0 Å². The van der Waals surface area contributed by atoms with Crippen LogP contribution in [0.25, 0.3) is 0 Å². The number of carbonyl (C=O) groups is 2. The molecule has 2 heterocycles. The molecule has 0 aliphatic carbocycles. The fourth-order valence-electron chi connectivity index (χ4n) is 6.28. The standard InChI is InChI=1S/C35H44ClN5O2/c1-3-39(4-2)25-33(27-10-6-5-7-11-27)40-18-20-41(21-19-40)35(43)32(22-26-14-16-30(36)17-15-26)38-34(42)31-23-28-12-8-9-13-29(28)24-37-31/h5-17,31-33,37H,3-4,18-25H2,1-2H3,(H,38,42)/t31-,32-,33+/m1/s1. The normalized spacial score (nSPS) is 18.6. The molecule has 0 unspecified atom stereocenters. The second-order valence-electron chi connectivity index (χ2n) is 11.6. The van der Waals surface area contributed by atoms with Crippen LogP contribution in [0.15, 0.2) is 78.9 Å². The van der Waals surface area contributed by atoms with E-state index in [2.05, 4.69) is 76.7 Å². The van der Waals surface area contributed by atoms with Gasteiger partial charge in [0.25, 0.3) is 0 Å². The third-order valence-corrected chi connectivity index (χ3v) is 9.19. The van der Waals surface area contributed by atoms with E-state index in [1.807, 2.05) is 41.3 Å². The number of benzene rings is 3. The Bertz CT molecular complexity index is 1340. The van der Waals surface area contributed by atoms with E-state index in [1.54, 1.807) is 0 Å². The Morgan fingerprint density at radius 3 is 2.23 bits per heavy atom. The van der Waals surface area contributed by atoms with Crippen LogP contribution in [0.3, 0.4) is 0 Å². The summed E-state index contributed by atoms with van der Waals surface area (Å²) in [6.07, 6.45) is 1.02. The third-order valence-electron chi connectivity index (χ3n) is 8.94. The zero-order valence-electron chi connectivity index (χ0n) is 25.3. The maximum atomic E-state index is 14.0. The summed E-state index contributed by atoms with van der Waals surface area (Å²) in [5, 5.41) is 7.14. The predicted molar refractivity (Wildman–Crippen MR) is 173 cm³/mol. The Balaban J connectivity index is 1.27. The molecule has 3 aromatic rings. The molecule has 228 valence electrons. The Kier molecular flexibility index (Phi) is 10.9. The van der Waals surface area contributed by atoms with Gasteiger partial charge in [-0.25, -0.2) is 0 Å². The molecule has 0 aromatic heterocycles. The van der Waals surface area contributed by atoms with E-state index >= 15 is 0 Å². The van der Waals surface area contributed by atoms with Gasteiger partial charge in [0.15, 0.2) is 0 Å². The highest BCUT2D eigenvalue weighted by Crippen LogP contribution is 2.24. The highest BCUT2D eigenvalue weighted by molar-refractivity contribution is 6.30. The molecule has 8 heteroatoms. The molecule has 43 heavy (non-hydrogen) atoms. The van der Waals surface area contributed by atoms with Crippen LogP contribution in [0.2, 0.25) is 5.02 Å². The predicted octanol–water partition coefficient (Wildman–Crippen LogP) is 4.31. The number of nitrogens with zero attached hydrogens (tertiary/aromatic N) is 3.